The average molecular weight is 259 g/mol. The third kappa shape index (κ3) is 4.40. The molecule has 0 fully saturated rings. The van der Waals surface area contributed by atoms with E-state index in [4.69, 9.17) is 15.2 Å². The van der Waals surface area contributed by atoms with Crippen LogP contribution in [0.2, 0.25) is 0 Å². The molecule has 0 saturated heterocycles. The normalized spacial score (nSPS) is 12.8. The molecule has 0 radical (unpaired) electrons. The van der Waals surface area contributed by atoms with E-state index in [0.717, 1.165) is 5.00 Å². The Morgan fingerprint density at radius 2 is 2.12 bits per heavy atom. The maximum atomic E-state index is 5.76. The van der Waals surface area contributed by atoms with Gasteiger partial charge in [0.2, 0.25) is 0 Å². The van der Waals surface area contributed by atoms with Gasteiger partial charge in [0.25, 0.3) is 0 Å². The summed E-state index contributed by atoms with van der Waals surface area (Å²) in [6, 6.07) is 0. The molecule has 0 aliphatic rings. The molecule has 0 bridgehead atoms. The molecule has 6 heteroatoms. The number of nitrogens with zero attached hydrogens (tertiary/aromatic N) is 1. The van der Waals surface area contributed by atoms with Gasteiger partial charge < -0.3 is 20.5 Å². The van der Waals surface area contributed by atoms with E-state index < -0.39 is 0 Å². The minimum absolute atomic E-state index is 0.0820. The number of hydrogen-bond acceptors (Lipinski definition) is 6. The molecular weight excluding hydrogens is 238 g/mol. The molecule has 5 nitrogen and oxygen atoms in total. The van der Waals surface area contributed by atoms with Crippen LogP contribution in [0.3, 0.4) is 0 Å². The predicted molar refractivity (Wildman–Crippen MR) is 71.9 cm³/mol. The lowest BCUT2D eigenvalue weighted by molar-refractivity contribution is 0.0855. The molecule has 0 spiro atoms. The van der Waals surface area contributed by atoms with Crippen molar-refractivity contribution < 1.29 is 9.47 Å². The minimum Gasteiger partial charge on any atom is -0.484 e. The van der Waals surface area contributed by atoms with Crippen LogP contribution in [0.5, 0.6) is 5.75 Å². The van der Waals surface area contributed by atoms with Crippen LogP contribution in [-0.4, -0.2) is 29.7 Å². The van der Waals surface area contributed by atoms with Crippen LogP contribution in [-0.2, 0) is 4.74 Å². The summed E-state index contributed by atoms with van der Waals surface area (Å²) in [7, 11) is 0. The second-order valence-corrected chi connectivity index (χ2v) is 4.81. The Labute approximate surface area is 106 Å². The van der Waals surface area contributed by atoms with Gasteiger partial charge in [0, 0.05) is 13.2 Å². The zero-order chi connectivity index (χ0) is 12.8. The van der Waals surface area contributed by atoms with Gasteiger partial charge in [0.05, 0.1) is 12.2 Å². The Balaban J connectivity index is 2.58. The molecule has 3 N–H and O–H groups in total. The van der Waals surface area contributed by atoms with Crippen molar-refractivity contribution in [2.24, 2.45) is 0 Å². The van der Waals surface area contributed by atoms with Gasteiger partial charge in [-0.2, -0.15) is 4.37 Å². The standard InChI is InChI=1S/C11H21N3O2S/c1-5-15-8(4)6-13-11-9(16-7(2)3)10(12)14-17-11/h7-8,13H,5-6H2,1-4H3,(H2,12,14). The molecule has 0 amide bonds. The molecule has 1 aromatic heterocycles. The summed E-state index contributed by atoms with van der Waals surface area (Å²) in [5.74, 6) is 1.09. The lowest BCUT2D eigenvalue weighted by atomic mass is 10.4. The average Bonchev–Trinajstić information content (AvgIpc) is 2.58. The van der Waals surface area contributed by atoms with Gasteiger partial charge in [-0.15, -0.1) is 0 Å². The molecule has 1 aromatic rings. The van der Waals surface area contributed by atoms with Crippen molar-refractivity contribution in [3.8, 4) is 5.75 Å². The molecule has 1 atom stereocenters. The van der Waals surface area contributed by atoms with E-state index in [0.29, 0.717) is 24.7 Å². The van der Waals surface area contributed by atoms with Gasteiger partial charge in [0.15, 0.2) is 16.6 Å². The van der Waals surface area contributed by atoms with Crippen LogP contribution in [0.4, 0.5) is 10.8 Å². The van der Waals surface area contributed by atoms with Crippen LogP contribution >= 0.6 is 11.5 Å². The second-order valence-electron chi connectivity index (χ2n) is 4.04. The molecule has 0 saturated carbocycles. The van der Waals surface area contributed by atoms with Crippen molar-refractivity contribution in [3.05, 3.63) is 0 Å². The maximum Gasteiger partial charge on any atom is 0.197 e. The predicted octanol–water partition coefficient (Wildman–Crippen LogP) is 2.35. The van der Waals surface area contributed by atoms with Gasteiger partial charge in [-0.3, -0.25) is 0 Å². The number of nitrogens with one attached hydrogen (secondary N) is 1. The van der Waals surface area contributed by atoms with Crippen molar-refractivity contribution in [2.75, 3.05) is 24.2 Å². The number of aromatic nitrogens is 1. The molecule has 0 aliphatic carbocycles. The second kappa shape index (κ2) is 6.66. The van der Waals surface area contributed by atoms with Crippen molar-refractivity contribution in [2.45, 2.75) is 39.9 Å². The first kappa shape index (κ1) is 14.1. The summed E-state index contributed by atoms with van der Waals surface area (Å²) < 4.78 is 15.2. The van der Waals surface area contributed by atoms with E-state index in [9.17, 15) is 0 Å². The Kier molecular flexibility index (Phi) is 5.50. The Hall–Kier alpha value is -1.01. The van der Waals surface area contributed by atoms with E-state index >= 15 is 0 Å². The number of anilines is 2. The first-order chi connectivity index (χ1) is 8.04. The van der Waals surface area contributed by atoms with Crippen molar-refractivity contribution >= 4 is 22.4 Å². The number of hydrogen-bond donors (Lipinski definition) is 2. The monoisotopic (exact) mass is 259 g/mol. The van der Waals surface area contributed by atoms with Crippen LogP contribution in [0, 0.1) is 0 Å². The third-order valence-electron chi connectivity index (χ3n) is 2.03. The molecule has 0 aliphatic heterocycles. The molecule has 0 aromatic carbocycles. The summed E-state index contributed by atoms with van der Waals surface area (Å²) in [6.45, 7) is 9.35. The molecule has 1 unspecified atom stereocenters. The molecule has 1 heterocycles. The summed E-state index contributed by atoms with van der Waals surface area (Å²) in [5, 5.41) is 4.11. The number of rotatable bonds is 7. The lowest BCUT2D eigenvalue weighted by Crippen LogP contribution is -2.19. The fraction of sp³-hybridized carbons (Fsp3) is 0.727. The fourth-order valence-corrected chi connectivity index (χ4v) is 1.99. The third-order valence-corrected chi connectivity index (χ3v) is 2.83. The highest BCUT2D eigenvalue weighted by molar-refractivity contribution is 7.11. The molecule has 17 heavy (non-hydrogen) atoms. The highest BCUT2D eigenvalue weighted by Gasteiger charge is 2.14. The summed E-state index contributed by atoms with van der Waals surface area (Å²) >= 11 is 1.31. The van der Waals surface area contributed by atoms with Crippen LogP contribution < -0.4 is 15.8 Å². The quantitative estimate of drug-likeness (QED) is 0.786. The molecule has 1 rings (SSSR count). The van der Waals surface area contributed by atoms with Gasteiger partial charge >= 0.3 is 0 Å². The van der Waals surface area contributed by atoms with Gasteiger partial charge in [-0.1, -0.05) is 0 Å². The van der Waals surface area contributed by atoms with Gasteiger partial charge in [0.1, 0.15) is 0 Å². The SMILES string of the molecule is CCOC(C)CNc1snc(N)c1OC(C)C. The van der Waals surface area contributed by atoms with E-state index in [1.165, 1.54) is 11.5 Å². The van der Waals surface area contributed by atoms with Crippen LogP contribution in [0.15, 0.2) is 0 Å². The Morgan fingerprint density at radius 1 is 1.41 bits per heavy atom. The van der Waals surface area contributed by atoms with Crippen molar-refractivity contribution in [3.63, 3.8) is 0 Å². The van der Waals surface area contributed by atoms with E-state index in [2.05, 4.69) is 9.69 Å². The molecular formula is C11H21N3O2S. The van der Waals surface area contributed by atoms with E-state index in [-0.39, 0.29) is 12.2 Å². The lowest BCUT2D eigenvalue weighted by Gasteiger charge is -2.14. The van der Waals surface area contributed by atoms with Crippen molar-refractivity contribution in [1.82, 2.24) is 4.37 Å². The zero-order valence-corrected chi connectivity index (χ0v) is 11.6. The largest absolute Gasteiger partial charge is 0.484 e. The Morgan fingerprint density at radius 3 is 2.71 bits per heavy atom. The minimum atomic E-state index is 0.0820. The highest BCUT2D eigenvalue weighted by Crippen LogP contribution is 2.35. The topological polar surface area (TPSA) is 69.4 Å². The van der Waals surface area contributed by atoms with Gasteiger partial charge in [-0.05, 0) is 39.2 Å². The fourth-order valence-electron chi connectivity index (χ4n) is 1.34. The van der Waals surface area contributed by atoms with Crippen LogP contribution in [0.1, 0.15) is 27.7 Å². The van der Waals surface area contributed by atoms with E-state index in [1.54, 1.807) is 0 Å². The van der Waals surface area contributed by atoms with Gasteiger partial charge in [-0.25, -0.2) is 0 Å². The highest BCUT2D eigenvalue weighted by atomic mass is 32.1. The summed E-state index contributed by atoms with van der Waals surface area (Å²) in [6.07, 6.45) is 0.230. The zero-order valence-electron chi connectivity index (χ0n) is 10.8. The summed E-state index contributed by atoms with van der Waals surface area (Å²) in [5.41, 5.74) is 5.76. The molecule has 98 valence electrons. The van der Waals surface area contributed by atoms with Crippen molar-refractivity contribution in [1.29, 1.82) is 0 Å². The smallest absolute Gasteiger partial charge is 0.197 e. The number of nitrogens with two attached hydrogens (primary N) is 1. The maximum absolute atomic E-state index is 5.76. The Bertz CT molecular complexity index is 341. The first-order valence-electron chi connectivity index (χ1n) is 5.81. The number of nitrogen functional groups attached to an aromatic ring is 1. The summed E-state index contributed by atoms with van der Waals surface area (Å²) in [4.78, 5) is 0. The number of ether oxygens (including phenoxy) is 2. The first-order valence-corrected chi connectivity index (χ1v) is 6.59. The van der Waals surface area contributed by atoms with E-state index in [1.807, 2.05) is 27.7 Å². The van der Waals surface area contributed by atoms with Crippen LogP contribution in [0.25, 0.3) is 0 Å².